The van der Waals surface area contributed by atoms with Crippen LogP contribution in [0.4, 0.5) is 5.69 Å². The van der Waals surface area contributed by atoms with Gasteiger partial charge >= 0.3 is 0 Å². The molecule has 0 radical (unpaired) electrons. The number of benzene rings is 2. The highest BCUT2D eigenvalue weighted by Crippen LogP contribution is 2.30. The van der Waals surface area contributed by atoms with Crippen LogP contribution in [0.1, 0.15) is 16.7 Å². The molecule has 0 amide bonds. The third kappa shape index (κ3) is 3.94. The maximum Gasteiger partial charge on any atom is 0.0644 e. The van der Waals surface area contributed by atoms with Gasteiger partial charge in [-0.1, -0.05) is 29.8 Å². The van der Waals surface area contributed by atoms with Crippen LogP contribution in [0.25, 0.3) is 11.1 Å². The zero-order valence-corrected chi connectivity index (χ0v) is 14.3. The van der Waals surface area contributed by atoms with Gasteiger partial charge in [-0.3, -0.25) is 4.98 Å². The van der Waals surface area contributed by atoms with Crippen molar-refractivity contribution in [3.8, 4) is 11.1 Å². The SMILES string of the molecule is Cc1cc(-c2cccc(CNCc3ccncc3)c2)cc(Cl)c1N. The van der Waals surface area contributed by atoms with Gasteiger partial charge in [0.1, 0.15) is 0 Å². The van der Waals surface area contributed by atoms with Gasteiger partial charge in [-0.05, 0) is 65.1 Å². The number of nitrogens with two attached hydrogens (primary N) is 1. The first-order valence-electron chi connectivity index (χ1n) is 7.88. The minimum atomic E-state index is 0.603. The Kier molecular flexibility index (Phi) is 5.14. The number of nitrogen functional groups attached to an aromatic ring is 1. The smallest absolute Gasteiger partial charge is 0.0644 e. The van der Waals surface area contributed by atoms with E-state index >= 15 is 0 Å². The second-order valence-electron chi connectivity index (χ2n) is 5.85. The molecule has 4 heteroatoms. The second kappa shape index (κ2) is 7.47. The largest absolute Gasteiger partial charge is 0.397 e. The Morgan fingerprint density at radius 3 is 2.46 bits per heavy atom. The molecule has 0 aliphatic rings. The van der Waals surface area contributed by atoms with E-state index in [0.717, 1.165) is 29.8 Å². The highest BCUT2D eigenvalue weighted by Gasteiger charge is 2.06. The number of nitrogens with zero attached hydrogens (tertiary/aromatic N) is 1. The van der Waals surface area contributed by atoms with Crippen LogP contribution in [0.15, 0.2) is 60.9 Å². The molecule has 0 bridgehead atoms. The molecule has 1 heterocycles. The van der Waals surface area contributed by atoms with Gasteiger partial charge in [0, 0.05) is 25.5 Å². The molecule has 3 N–H and O–H groups in total. The fraction of sp³-hybridized carbons (Fsp3) is 0.150. The van der Waals surface area contributed by atoms with Gasteiger partial charge in [0.15, 0.2) is 0 Å². The summed E-state index contributed by atoms with van der Waals surface area (Å²) in [6.07, 6.45) is 3.62. The lowest BCUT2D eigenvalue weighted by atomic mass is 10.0. The van der Waals surface area contributed by atoms with Crippen LogP contribution in [-0.2, 0) is 13.1 Å². The summed E-state index contributed by atoms with van der Waals surface area (Å²) in [7, 11) is 0. The average Bonchev–Trinajstić information content (AvgIpc) is 2.60. The van der Waals surface area contributed by atoms with Crippen molar-refractivity contribution in [3.05, 3.63) is 82.6 Å². The maximum absolute atomic E-state index is 6.22. The zero-order valence-electron chi connectivity index (χ0n) is 13.6. The molecule has 0 unspecified atom stereocenters. The van der Waals surface area contributed by atoms with Crippen molar-refractivity contribution in [2.45, 2.75) is 20.0 Å². The van der Waals surface area contributed by atoms with Gasteiger partial charge in [-0.25, -0.2) is 0 Å². The Labute approximate surface area is 147 Å². The monoisotopic (exact) mass is 337 g/mol. The van der Waals surface area contributed by atoms with Crippen LogP contribution >= 0.6 is 11.6 Å². The molecular formula is C20H20ClN3. The highest BCUT2D eigenvalue weighted by molar-refractivity contribution is 6.33. The molecule has 3 aromatic rings. The van der Waals surface area contributed by atoms with Crippen LogP contribution in [0.5, 0.6) is 0 Å². The molecule has 0 fully saturated rings. The number of hydrogen-bond acceptors (Lipinski definition) is 3. The number of aromatic nitrogens is 1. The predicted octanol–water partition coefficient (Wildman–Crippen LogP) is 4.58. The van der Waals surface area contributed by atoms with Crippen molar-refractivity contribution in [2.24, 2.45) is 0 Å². The summed E-state index contributed by atoms with van der Waals surface area (Å²) in [5.74, 6) is 0. The van der Waals surface area contributed by atoms with Crippen molar-refractivity contribution >= 4 is 17.3 Å². The Bertz CT molecular complexity index is 808. The second-order valence-corrected chi connectivity index (χ2v) is 6.26. The van der Waals surface area contributed by atoms with Gasteiger partial charge in [-0.2, -0.15) is 0 Å². The molecule has 24 heavy (non-hydrogen) atoms. The quantitative estimate of drug-likeness (QED) is 0.670. The lowest BCUT2D eigenvalue weighted by Crippen LogP contribution is -2.12. The molecule has 122 valence electrons. The van der Waals surface area contributed by atoms with Gasteiger partial charge < -0.3 is 11.1 Å². The van der Waals surface area contributed by atoms with Gasteiger partial charge in [0.25, 0.3) is 0 Å². The molecule has 0 atom stereocenters. The van der Waals surface area contributed by atoms with Gasteiger partial charge in [0.2, 0.25) is 0 Å². The lowest BCUT2D eigenvalue weighted by Gasteiger charge is -2.10. The molecule has 0 aliphatic heterocycles. The van der Waals surface area contributed by atoms with E-state index in [1.165, 1.54) is 11.1 Å². The van der Waals surface area contributed by atoms with Crippen LogP contribution in [0.2, 0.25) is 5.02 Å². The molecular weight excluding hydrogens is 318 g/mol. The molecule has 0 spiro atoms. The summed E-state index contributed by atoms with van der Waals surface area (Å²) in [6, 6.07) is 16.5. The van der Waals surface area contributed by atoms with E-state index in [1.54, 1.807) is 0 Å². The van der Waals surface area contributed by atoms with Crippen molar-refractivity contribution in [1.82, 2.24) is 10.3 Å². The minimum Gasteiger partial charge on any atom is -0.397 e. The van der Waals surface area contributed by atoms with E-state index in [2.05, 4.69) is 40.6 Å². The van der Waals surface area contributed by atoms with Crippen molar-refractivity contribution in [1.29, 1.82) is 0 Å². The zero-order chi connectivity index (χ0) is 16.9. The summed E-state index contributed by atoms with van der Waals surface area (Å²) >= 11 is 6.22. The normalized spacial score (nSPS) is 10.8. The van der Waals surface area contributed by atoms with E-state index in [9.17, 15) is 0 Å². The molecule has 3 rings (SSSR count). The maximum atomic E-state index is 6.22. The average molecular weight is 338 g/mol. The number of hydrogen-bond donors (Lipinski definition) is 2. The van der Waals surface area contributed by atoms with E-state index in [4.69, 9.17) is 17.3 Å². The first-order valence-corrected chi connectivity index (χ1v) is 8.26. The Balaban J connectivity index is 1.72. The standard InChI is InChI=1S/C20H20ClN3/c1-14-9-18(11-19(21)20(14)22)17-4-2-3-16(10-17)13-24-12-15-5-7-23-8-6-15/h2-11,24H,12-13,22H2,1H3. The van der Waals surface area contributed by atoms with Crippen LogP contribution in [0, 0.1) is 6.92 Å². The van der Waals surface area contributed by atoms with Crippen LogP contribution in [-0.4, -0.2) is 4.98 Å². The van der Waals surface area contributed by atoms with Crippen molar-refractivity contribution in [2.75, 3.05) is 5.73 Å². The predicted molar refractivity (Wildman–Crippen MR) is 101 cm³/mol. The summed E-state index contributed by atoms with van der Waals surface area (Å²) in [5, 5.41) is 4.06. The fourth-order valence-corrected chi connectivity index (χ4v) is 2.90. The Morgan fingerprint density at radius 2 is 1.71 bits per heavy atom. The number of halogens is 1. The molecule has 3 nitrogen and oxygen atoms in total. The summed E-state index contributed by atoms with van der Waals surface area (Å²) in [4.78, 5) is 4.03. The molecule has 0 saturated carbocycles. The van der Waals surface area contributed by atoms with Crippen LogP contribution < -0.4 is 11.1 Å². The number of nitrogens with one attached hydrogen (secondary N) is 1. The number of pyridine rings is 1. The number of anilines is 1. The van der Waals surface area contributed by atoms with E-state index in [1.807, 2.05) is 37.5 Å². The topological polar surface area (TPSA) is 50.9 Å². The fourth-order valence-electron chi connectivity index (χ4n) is 2.63. The Morgan fingerprint density at radius 1 is 0.958 bits per heavy atom. The number of rotatable bonds is 5. The Hall–Kier alpha value is -2.36. The van der Waals surface area contributed by atoms with Crippen LogP contribution in [0.3, 0.4) is 0 Å². The summed E-state index contributed by atoms with van der Waals surface area (Å²) in [6.45, 7) is 3.60. The molecule has 1 aromatic heterocycles. The first-order chi connectivity index (χ1) is 11.6. The third-order valence-corrected chi connectivity index (χ3v) is 4.32. The highest BCUT2D eigenvalue weighted by atomic mass is 35.5. The molecule has 2 aromatic carbocycles. The minimum absolute atomic E-state index is 0.603. The molecule has 0 saturated heterocycles. The van der Waals surface area contributed by atoms with Crippen molar-refractivity contribution < 1.29 is 0 Å². The number of aryl methyl sites for hydroxylation is 1. The van der Waals surface area contributed by atoms with Gasteiger partial charge in [-0.15, -0.1) is 0 Å². The summed E-state index contributed by atoms with van der Waals surface area (Å²) < 4.78 is 0. The van der Waals surface area contributed by atoms with Gasteiger partial charge in [0.05, 0.1) is 10.7 Å². The third-order valence-electron chi connectivity index (χ3n) is 4.00. The van der Waals surface area contributed by atoms with E-state index < -0.39 is 0 Å². The lowest BCUT2D eigenvalue weighted by molar-refractivity contribution is 0.693. The van der Waals surface area contributed by atoms with E-state index in [-0.39, 0.29) is 0 Å². The van der Waals surface area contributed by atoms with Crippen molar-refractivity contribution in [3.63, 3.8) is 0 Å². The van der Waals surface area contributed by atoms with E-state index in [0.29, 0.717) is 10.7 Å². The first kappa shape index (κ1) is 16.5. The molecule has 0 aliphatic carbocycles. The summed E-state index contributed by atoms with van der Waals surface area (Å²) in [5.41, 5.74) is 12.3.